The molecule has 0 spiro atoms. The lowest BCUT2D eigenvalue weighted by Gasteiger charge is -2.14. The summed E-state index contributed by atoms with van der Waals surface area (Å²) in [6.07, 6.45) is 4.82. The highest BCUT2D eigenvalue weighted by Gasteiger charge is 2.17. The fraction of sp³-hybridized carbons (Fsp3) is 0.500. The molecule has 5 heteroatoms. The topological polar surface area (TPSA) is 56.7 Å². The van der Waals surface area contributed by atoms with Crippen molar-refractivity contribution in [3.8, 4) is 0 Å². The molecule has 0 radical (unpaired) electrons. The van der Waals surface area contributed by atoms with Crippen molar-refractivity contribution in [1.29, 1.82) is 0 Å². The number of aromatic nitrogens is 3. The van der Waals surface area contributed by atoms with Gasteiger partial charge in [-0.25, -0.2) is 0 Å². The number of benzene rings is 1. The minimum atomic E-state index is 0.370. The van der Waals surface area contributed by atoms with E-state index in [1.54, 1.807) is 11.8 Å². The summed E-state index contributed by atoms with van der Waals surface area (Å²) in [5, 5.41) is 9.79. The number of hydrogen-bond donors (Lipinski definition) is 1. The Morgan fingerprint density at radius 3 is 2.81 bits per heavy atom. The standard InChI is InChI=1S/C16H22N4S/c17-11-14(13-7-3-1-4-8-13)12-21-16-19-18-15-9-5-2-6-10-20(15)16/h1,3-4,7-8,14H,2,5-6,9-12,17H2. The number of thioether (sulfide) groups is 1. The molecule has 0 saturated heterocycles. The van der Waals surface area contributed by atoms with Gasteiger partial charge in [0.25, 0.3) is 0 Å². The Bertz CT molecular complexity index is 567. The summed E-state index contributed by atoms with van der Waals surface area (Å²) in [5.74, 6) is 2.48. The number of fused-ring (bicyclic) bond motifs is 1. The summed E-state index contributed by atoms with van der Waals surface area (Å²) >= 11 is 1.79. The van der Waals surface area contributed by atoms with Gasteiger partial charge in [-0.1, -0.05) is 48.5 Å². The van der Waals surface area contributed by atoms with E-state index in [-0.39, 0.29) is 0 Å². The molecule has 0 amide bonds. The van der Waals surface area contributed by atoms with E-state index in [1.165, 1.54) is 24.8 Å². The Labute approximate surface area is 130 Å². The van der Waals surface area contributed by atoms with Crippen LogP contribution in [0.4, 0.5) is 0 Å². The lowest BCUT2D eigenvalue weighted by molar-refractivity contribution is 0.590. The van der Waals surface area contributed by atoms with Gasteiger partial charge in [0.15, 0.2) is 5.16 Å². The molecule has 2 aromatic rings. The Hall–Kier alpha value is -1.33. The number of aryl methyl sites for hydroxylation is 1. The van der Waals surface area contributed by atoms with Crippen LogP contribution in [0.15, 0.2) is 35.5 Å². The molecule has 0 fully saturated rings. The first-order chi connectivity index (χ1) is 10.4. The molecular formula is C16H22N4S. The molecule has 1 atom stereocenters. The summed E-state index contributed by atoms with van der Waals surface area (Å²) in [6.45, 7) is 1.72. The maximum atomic E-state index is 5.95. The molecular weight excluding hydrogens is 280 g/mol. The van der Waals surface area contributed by atoms with Crippen molar-refractivity contribution in [2.75, 3.05) is 12.3 Å². The second-order valence-corrected chi connectivity index (χ2v) is 6.50. The van der Waals surface area contributed by atoms with Crippen LogP contribution in [0, 0.1) is 0 Å². The molecule has 0 saturated carbocycles. The Kier molecular flexibility index (Phi) is 4.93. The number of nitrogens with two attached hydrogens (primary N) is 1. The average molecular weight is 302 g/mol. The first kappa shape index (κ1) is 14.6. The molecule has 2 heterocycles. The number of rotatable bonds is 5. The monoisotopic (exact) mass is 302 g/mol. The van der Waals surface area contributed by atoms with Crippen LogP contribution in [-0.2, 0) is 13.0 Å². The highest BCUT2D eigenvalue weighted by Crippen LogP contribution is 2.26. The van der Waals surface area contributed by atoms with Crippen molar-refractivity contribution < 1.29 is 0 Å². The van der Waals surface area contributed by atoms with E-state index in [9.17, 15) is 0 Å². The second-order valence-electron chi connectivity index (χ2n) is 5.52. The summed E-state index contributed by atoms with van der Waals surface area (Å²) < 4.78 is 2.30. The van der Waals surface area contributed by atoms with Crippen LogP contribution < -0.4 is 5.73 Å². The van der Waals surface area contributed by atoms with Crippen LogP contribution in [0.3, 0.4) is 0 Å². The SMILES string of the molecule is NCC(CSc1nnc2n1CCCCC2)c1ccccc1. The van der Waals surface area contributed by atoms with Gasteiger partial charge in [-0.15, -0.1) is 10.2 Å². The van der Waals surface area contributed by atoms with Crippen molar-refractivity contribution >= 4 is 11.8 Å². The molecule has 2 N–H and O–H groups in total. The first-order valence-electron chi connectivity index (χ1n) is 7.68. The molecule has 4 nitrogen and oxygen atoms in total. The van der Waals surface area contributed by atoms with Crippen LogP contribution in [0.25, 0.3) is 0 Å². The summed E-state index contributed by atoms with van der Waals surface area (Å²) in [5.41, 5.74) is 7.26. The van der Waals surface area contributed by atoms with Crippen molar-refractivity contribution in [3.63, 3.8) is 0 Å². The van der Waals surface area contributed by atoms with Crippen LogP contribution in [-0.4, -0.2) is 27.1 Å². The minimum absolute atomic E-state index is 0.370. The summed E-state index contributed by atoms with van der Waals surface area (Å²) in [6, 6.07) is 10.5. The fourth-order valence-corrected chi connectivity index (χ4v) is 3.90. The van der Waals surface area contributed by atoms with Gasteiger partial charge < -0.3 is 10.3 Å². The zero-order valence-corrected chi connectivity index (χ0v) is 13.1. The largest absolute Gasteiger partial charge is 0.330 e. The van der Waals surface area contributed by atoms with E-state index < -0.39 is 0 Å². The smallest absolute Gasteiger partial charge is 0.191 e. The first-order valence-corrected chi connectivity index (χ1v) is 8.67. The predicted octanol–water partition coefficient (Wildman–Crippen LogP) is 2.84. The molecule has 1 aromatic carbocycles. The molecule has 0 bridgehead atoms. The fourth-order valence-electron chi connectivity index (χ4n) is 2.77. The molecule has 21 heavy (non-hydrogen) atoms. The molecule has 1 aliphatic heterocycles. The van der Waals surface area contributed by atoms with Gasteiger partial charge >= 0.3 is 0 Å². The maximum Gasteiger partial charge on any atom is 0.191 e. The van der Waals surface area contributed by atoms with E-state index in [4.69, 9.17) is 5.73 Å². The Morgan fingerprint density at radius 1 is 1.14 bits per heavy atom. The third kappa shape index (κ3) is 3.47. The van der Waals surface area contributed by atoms with E-state index >= 15 is 0 Å². The van der Waals surface area contributed by atoms with E-state index in [0.717, 1.165) is 29.7 Å². The third-order valence-electron chi connectivity index (χ3n) is 4.04. The van der Waals surface area contributed by atoms with Gasteiger partial charge in [0, 0.05) is 24.6 Å². The van der Waals surface area contributed by atoms with E-state index in [1.807, 2.05) is 6.07 Å². The van der Waals surface area contributed by atoms with Gasteiger partial charge in [-0.2, -0.15) is 0 Å². The van der Waals surface area contributed by atoms with Gasteiger partial charge in [-0.3, -0.25) is 0 Å². The zero-order chi connectivity index (χ0) is 14.5. The van der Waals surface area contributed by atoms with Crippen LogP contribution >= 0.6 is 11.8 Å². The molecule has 3 rings (SSSR count). The summed E-state index contributed by atoms with van der Waals surface area (Å²) in [7, 11) is 0. The lowest BCUT2D eigenvalue weighted by Crippen LogP contribution is -2.15. The van der Waals surface area contributed by atoms with Crippen molar-refractivity contribution in [3.05, 3.63) is 41.7 Å². The Balaban J connectivity index is 1.68. The molecule has 0 aliphatic carbocycles. The number of hydrogen-bond acceptors (Lipinski definition) is 4. The quantitative estimate of drug-likeness (QED) is 0.863. The van der Waals surface area contributed by atoms with Gasteiger partial charge in [0.05, 0.1) is 0 Å². The van der Waals surface area contributed by atoms with Crippen molar-refractivity contribution in [2.45, 2.75) is 43.3 Å². The van der Waals surface area contributed by atoms with Gasteiger partial charge in [0.1, 0.15) is 5.82 Å². The predicted molar refractivity (Wildman–Crippen MR) is 86.5 cm³/mol. The second kappa shape index (κ2) is 7.09. The minimum Gasteiger partial charge on any atom is -0.330 e. The maximum absolute atomic E-state index is 5.95. The highest BCUT2D eigenvalue weighted by molar-refractivity contribution is 7.99. The van der Waals surface area contributed by atoms with Gasteiger partial charge in [-0.05, 0) is 24.9 Å². The molecule has 1 aliphatic rings. The van der Waals surface area contributed by atoms with Crippen molar-refractivity contribution in [1.82, 2.24) is 14.8 Å². The van der Waals surface area contributed by atoms with Crippen LogP contribution in [0.1, 0.15) is 36.6 Å². The zero-order valence-electron chi connectivity index (χ0n) is 12.2. The Morgan fingerprint density at radius 2 is 2.00 bits per heavy atom. The number of nitrogens with zero attached hydrogens (tertiary/aromatic N) is 3. The van der Waals surface area contributed by atoms with E-state index in [0.29, 0.717) is 12.5 Å². The average Bonchev–Trinajstić information content (AvgIpc) is 2.77. The summed E-state index contributed by atoms with van der Waals surface area (Å²) in [4.78, 5) is 0. The lowest BCUT2D eigenvalue weighted by atomic mass is 10.0. The third-order valence-corrected chi connectivity index (χ3v) is 5.17. The molecule has 112 valence electrons. The molecule has 1 unspecified atom stereocenters. The van der Waals surface area contributed by atoms with Crippen LogP contribution in [0.2, 0.25) is 0 Å². The van der Waals surface area contributed by atoms with Crippen LogP contribution in [0.5, 0.6) is 0 Å². The molecule has 1 aromatic heterocycles. The normalized spacial score (nSPS) is 16.2. The highest BCUT2D eigenvalue weighted by atomic mass is 32.2. The van der Waals surface area contributed by atoms with Gasteiger partial charge in [0.2, 0.25) is 0 Å². The van der Waals surface area contributed by atoms with Crippen molar-refractivity contribution in [2.24, 2.45) is 5.73 Å². The van der Waals surface area contributed by atoms with E-state index in [2.05, 4.69) is 39.0 Å².